The van der Waals surface area contributed by atoms with Crippen LogP contribution in [-0.2, 0) is 9.59 Å². The Morgan fingerprint density at radius 2 is 1.03 bits per heavy atom. The Balaban J connectivity index is 1.36. The number of ether oxygens (including phenoxy) is 2. The zero-order valence-corrected chi connectivity index (χ0v) is 18.3. The molecule has 0 aliphatic heterocycles. The molecule has 0 aliphatic carbocycles. The standard InChI is InChI=1S/C22H10Cl2N6O4/c23-13-5-1-3-9-11(13)7-15(19-17(9)25-29-27-19)33-21(31)22(32)34-16-8-12-10(4-2-6-14(12)24)18-20(16)28-30-26-18/h1-8H,(H,25,27,29)(H,26,28,30). The second kappa shape index (κ2) is 7.65. The van der Waals surface area contributed by atoms with Gasteiger partial charge < -0.3 is 9.47 Å². The first-order valence-electron chi connectivity index (χ1n) is 9.78. The molecule has 10 nitrogen and oxygen atoms in total. The largest absolute Gasteiger partial charge is 0.423 e. The van der Waals surface area contributed by atoms with Gasteiger partial charge in [-0.05, 0) is 24.3 Å². The summed E-state index contributed by atoms with van der Waals surface area (Å²) in [5.74, 6) is -2.54. The molecule has 0 saturated carbocycles. The van der Waals surface area contributed by atoms with Crippen molar-refractivity contribution >= 4 is 78.8 Å². The highest BCUT2D eigenvalue weighted by atomic mass is 35.5. The highest BCUT2D eigenvalue weighted by Gasteiger charge is 2.25. The van der Waals surface area contributed by atoms with E-state index in [-0.39, 0.29) is 22.5 Å². The zero-order valence-electron chi connectivity index (χ0n) is 16.8. The molecule has 6 aromatic rings. The number of hydrogen-bond donors (Lipinski definition) is 2. The molecule has 6 rings (SSSR count). The number of aromatic nitrogens is 6. The van der Waals surface area contributed by atoms with Crippen molar-refractivity contribution in [3.8, 4) is 11.5 Å². The maximum absolute atomic E-state index is 12.7. The lowest BCUT2D eigenvalue weighted by molar-refractivity contribution is -0.156. The van der Waals surface area contributed by atoms with Gasteiger partial charge in [-0.15, -0.1) is 0 Å². The van der Waals surface area contributed by atoms with Crippen molar-refractivity contribution in [2.24, 2.45) is 0 Å². The maximum Gasteiger partial charge on any atom is 0.423 e. The topological polar surface area (TPSA) is 136 Å². The Bertz CT molecular complexity index is 1660. The number of aromatic amines is 2. The highest BCUT2D eigenvalue weighted by molar-refractivity contribution is 6.37. The summed E-state index contributed by atoms with van der Waals surface area (Å²) >= 11 is 12.6. The van der Waals surface area contributed by atoms with E-state index in [1.54, 1.807) is 36.4 Å². The number of carbonyl (C=O) groups excluding carboxylic acids is 2. The molecule has 12 heteroatoms. The lowest BCUT2D eigenvalue weighted by atomic mass is 10.1. The van der Waals surface area contributed by atoms with Crippen LogP contribution in [-0.4, -0.2) is 42.8 Å². The van der Waals surface area contributed by atoms with Gasteiger partial charge in [-0.1, -0.05) is 47.5 Å². The van der Waals surface area contributed by atoms with Crippen LogP contribution in [0.5, 0.6) is 11.5 Å². The second-order valence-corrected chi connectivity index (χ2v) is 8.05. The number of hydrogen-bond acceptors (Lipinski definition) is 8. The summed E-state index contributed by atoms with van der Waals surface area (Å²) in [4.78, 5) is 25.3. The van der Waals surface area contributed by atoms with Crippen LogP contribution in [0, 0.1) is 0 Å². The number of halogens is 2. The van der Waals surface area contributed by atoms with Gasteiger partial charge in [-0.2, -0.15) is 30.8 Å². The van der Waals surface area contributed by atoms with Gasteiger partial charge in [-0.25, -0.2) is 9.59 Å². The van der Waals surface area contributed by atoms with Gasteiger partial charge in [-0.3, -0.25) is 0 Å². The van der Waals surface area contributed by atoms with E-state index in [4.69, 9.17) is 32.7 Å². The van der Waals surface area contributed by atoms with Crippen molar-refractivity contribution in [1.29, 1.82) is 0 Å². The Morgan fingerprint density at radius 1 is 0.618 bits per heavy atom. The summed E-state index contributed by atoms with van der Waals surface area (Å²) < 4.78 is 10.6. The first-order valence-corrected chi connectivity index (χ1v) is 10.5. The fraction of sp³-hybridized carbons (Fsp3) is 0. The fourth-order valence-electron chi connectivity index (χ4n) is 3.80. The monoisotopic (exact) mass is 492 g/mol. The molecule has 2 heterocycles. The first-order chi connectivity index (χ1) is 16.5. The highest BCUT2D eigenvalue weighted by Crippen LogP contribution is 2.36. The predicted molar refractivity (Wildman–Crippen MR) is 124 cm³/mol. The lowest BCUT2D eigenvalue weighted by Gasteiger charge is -2.09. The van der Waals surface area contributed by atoms with E-state index in [0.717, 1.165) is 0 Å². The Kier molecular flexibility index (Phi) is 4.57. The fourth-order valence-corrected chi connectivity index (χ4v) is 4.26. The van der Waals surface area contributed by atoms with E-state index in [1.165, 1.54) is 12.1 Å². The third-order valence-electron chi connectivity index (χ3n) is 5.30. The Labute approximate surface area is 198 Å². The molecule has 0 unspecified atom stereocenters. The van der Waals surface area contributed by atoms with Gasteiger partial charge in [0.25, 0.3) is 0 Å². The molecule has 0 aliphatic rings. The van der Waals surface area contributed by atoms with Gasteiger partial charge in [0.1, 0.15) is 11.0 Å². The third-order valence-corrected chi connectivity index (χ3v) is 5.96. The van der Waals surface area contributed by atoms with E-state index in [9.17, 15) is 9.59 Å². The van der Waals surface area contributed by atoms with Crippen molar-refractivity contribution in [3.05, 3.63) is 58.6 Å². The van der Waals surface area contributed by atoms with Gasteiger partial charge in [0.15, 0.2) is 22.5 Å². The smallest absolute Gasteiger partial charge is 0.416 e. The number of rotatable bonds is 2. The average Bonchev–Trinajstić information content (AvgIpc) is 3.51. The van der Waals surface area contributed by atoms with E-state index in [2.05, 4.69) is 30.8 Å². The quantitative estimate of drug-likeness (QED) is 0.206. The molecule has 166 valence electrons. The summed E-state index contributed by atoms with van der Waals surface area (Å²) in [7, 11) is 0. The molecule has 0 radical (unpaired) electrons. The first kappa shape index (κ1) is 20.3. The molecule has 0 bridgehead atoms. The summed E-state index contributed by atoms with van der Waals surface area (Å²) in [6.07, 6.45) is 0. The van der Waals surface area contributed by atoms with Crippen LogP contribution in [0.2, 0.25) is 10.0 Å². The summed E-state index contributed by atoms with van der Waals surface area (Å²) in [6, 6.07) is 13.5. The number of carbonyl (C=O) groups is 2. The van der Waals surface area contributed by atoms with E-state index < -0.39 is 11.9 Å². The molecule has 0 spiro atoms. The van der Waals surface area contributed by atoms with Gasteiger partial charge >= 0.3 is 11.9 Å². The number of nitrogens with zero attached hydrogens (tertiary/aromatic N) is 4. The van der Waals surface area contributed by atoms with Crippen molar-refractivity contribution in [1.82, 2.24) is 30.8 Å². The number of benzene rings is 4. The van der Waals surface area contributed by atoms with Crippen molar-refractivity contribution in [3.63, 3.8) is 0 Å². The normalized spacial score (nSPS) is 11.5. The van der Waals surface area contributed by atoms with E-state index in [1.807, 2.05) is 0 Å². The summed E-state index contributed by atoms with van der Waals surface area (Å²) in [5.41, 5.74) is 1.38. The third kappa shape index (κ3) is 3.11. The summed E-state index contributed by atoms with van der Waals surface area (Å²) in [6.45, 7) is 0. The molecule has 2 aromatic heterocycles. The molecule has 4 aromatic carbocycles. The molecule has 0 atom stereocenters. The van der Waals surface area contributed by atoms with Crippen LogP contribution in [0.1, 0.15) is 0 Å². The predicted octanol–water partition coefficient (Wildman–Crippen LogP) is 4.35. The van der Waals surface area contributed by atoms with Gasteiger partial charge in [0.05, 0.1) is 0 Å². The summed E-state index contributed by atoms with van der Waals surface area (Å²) in [5, 5.41) is 24.6. The van der Waals surface area contributed by atoms with Crippen LogP contribution in [0.4, 0.5) is 0 Å². The van der Waals surface area contributed by atoms with Crippen LogP contribution in [0.25, 0.3) is 43.6 Å². The van der Waals surface area contributed by atoms with Crippen LogP contribution >= 0.6 is 23.2 Å². The van der Waals surface area contributed by atoms with Crippen molar-refractivity contribution in [2.75, 3.05) is 0 Å². The van der Waals surface area contributed by atoms with E-state index in [0.29, 0.717) is 42.6 Å². The van der Waals surface area contributed by atoms with Crippen molar-refractivity contribution in [2.45, 2.75) is 0 Å². The van der Waals surface area contributed by atoms with Crippen LogP contribution in [0.15, 0.2) is 48.5 Å². The maximum atomic E-state index is 12.7. The number of H-pyrrole nitrogens is 2. The van der Waals surface area contributed by atoms with E-state index >= 15 is 0 Å². The molecule has 0 amide bonds. The molecule has 2 N–H and O–H groups in total. The van der Waals surface area contributed by atoms with Crippen molar-refractivity contribution < 1.29 is 19.1 Å². The van der Waals surface area contributed by atoms with Crippen LogP contribution in [0.3, 0.4) is 0 Å². The number of esters is 2. The number of nitrogens with one attached hydrogen (secondary N) is 2. The molecular weight excluding hydrogens is 483 g/mol. The molecule has 0 saturated heterocycles. The minimum absolute atomic E-state index is 0.000519. The number of fused-ring (bicyclic) bond motifs is 6. The minimum atomic E-state index is -1.27. The Hall–Kier alpha value is -4.28. The zero-order chi connectivity index (χ0) is 23.4. The van der Waals surface area contributed by atoms with Crippen LogP contribution < -0.4 is 9.47 Å². The lowest BCUT2D eigenvalue weighted by Crippen LogP contribution is -2.25. The molecular formula is C22H10Cl2N6O4. The molecule has 34 heavy (non-hydrogen) atoms. The SMILES string of the molecule is O=C(Oc1cc2c(Cl)cccc2c2n[nH]nc12)C(=O)Oc1cc2c(Cl)cccc2c2n[nH]nc12. The average molecular weight is 493 g/mol. The van der Waals surface area contributed by atoms with Gasteiger partial charge in [0, 0.05) is 31.6 Å². The van der Waals surface area contributed by atoms with Gasteiger partial charge in [0.2, 0.25) is 0 Å². The minimum Gasteiger partial charge on any atom is -0.416 e. The Morgan fingerprint density at radius 3 is 1.47 bits per heavy atom. The second-order valence-electron chi connectivity index (χ2n) is 7.24. The molecule has 0 fully saturated rings.